The summed E-state index contributed by atoms with van der Waals surface area (Å²) >= 11 is 0. The maximum absolute atomic E-state index is 12.3. The summed E-state index contributed by atoms with van der Waals surface area (Å²) in [5.74, 6) is -1.52. The van der Waals surface area contributed by atoms with Crippen LogP contribution >= 0.6 is 0 Å². The Balaban J connectivity index is 1.59. The molecule has 0 bridgehead atoms. The van der Waals surface area contributed by atoms with E-state index in [0.29, 0.717) is 18.7 Å². The number of aromatic amines is 1. The molecule has 0 unspecified atom stereocenters. The van der Waals surface area contributed by atoms with Crippen molar-refractivity contribution in [3.8, 4) is 0 Å². The molecule has 2 aromatic rings. The molecular weight excluding hydrogens is 310 g/mol. The van der Waals surface area contributed by atoms with Crippen molar-refractivity contribution in [2.45, 2.75) is 25.3 Å². The summed E-state index contributed by atoms with van der Waals surface area (Å²) in [6, 6.07) is 8.99. The molecule has 0 spiro atoms. The van der Waals surface area contributed by atoms with Crippen molar-refractivity contribution < 1.29 is 19.5 Å². The number of amides is 2. The Morgan fingerprint density at radius 2 is 2.08 bits per heavy atom. The Kier molecular flexibility index (Phi) is 4.50. The van der Waals surface area contributed by atoms with Crippen molar-refractivity contribution in [2.24, 2.45) is 0 Å². The van der Waals surface area contributed by atoms with E-state index >= 15 is 0 Å². The van der Waals surface area contributed by atoms with Crippen LogP contribution in [0.15, 0.2) is 30.3 Å². The number of H-pyrrole nitrogens is 1. The quantitative estimate of drug-likeness (QED) is 0.771. The number of hydrogen-bond donors (Lipinski definition) is 3. The van der Waals surface area contributed by atoms with E-state index in [4.69, 9.17) is 5.11 Å². The topological polar surface area (TPSA) is 102 Å². The molecule has 1 atom stereocenters. The summed E-state index contributed by atoms with van der Waals surface area (Å²) in [7, 11) is 0. The van der Waals surface area contributed by atoms with Gasteiger partial charge in [-0.15, -0.1) is 0 Å². The summed E-state index contributed by atoms with van der Waals surface area (Å²) in [5.41, 5.74) is 1.25. The third kappa shape index (κ3) is 3.40. The van der Waals surface area contributed by atoms with Crippen LogP contribution in [0, 0.1) is 0 Å². The number of carboxylic acid groups (broad SMARTS) is 1. The van der Waals surface area contributed by atoms with Crippen LogP contribution in [0.2, 0.25) is 0 Å². The van der Waals surface area contributed by atoms with Gasteiger partial charge >= 0.3 is 5.97 Å². The molecule has 7 nitrogen and oxygen atoms in total. The van der Waals surface area contributed by atoms with Crippen LogP contribution in [0.3, 0.4) is 0 Å². The Bertz CT molecular complexity index is 750. The normalized spacial score (nSPS) is 17.2. The van der Waals surface area contributed by atoms with Crippen molar-refractivity contribution in [1.82, 2.24) is 15.2 Å². The molecule has 3 rings (SSSR count). The van der Waals surface area contributed by atoms with Crippen LogP contribution < -0.4 is 5.32 Å². The van der Waals surface area contributed by atoms with E-state index in [-0.39, 0.29) is 30.8 Å². The first-order valence-electron chi connectivity index (χ1n) is 7.92. The fraction of sp³-hybridized carbons (Fsp3) is 0.353. The minimum atomic E-state index is -0.915. The third-order valence-electron chi connectivity index (χ3n) is 4.28. The second-order valence-corrected chi connectivity index (χ2v) is 5.93. The molecule has 7 heteroatoms. The number of carboxylic acids is 1. The minimum Gasteiger partial charge on any atom is -0.481 e. The Hall–Kier alpha value is -2.83. The van der Waals surface area contributed by atoms with Gasteiger partial charge in [-0.2, -0.15) is 0 Å². The van der Waals surface area contributed by atoms with E-state index in [2.05, 4.69) is 10.3 Å². The second-order valence-electron chi connectivity index (χ2n) is 5.93. The second kappa shape index (κ2) is 6.74. The lowest BCUT2D eigenvalue weighted by Crippen LogP contribution is -2.43. The Morgan fingerprint density at radius 1 is 1.29 bits per heavy atom. The largest absolute Gasteiger partial charge is 0.481 e. The number of carbonyl (C=O) groups is 3. The Morgan fingerprint density at radius 3 is 2.83 bits per heavy atom. The number of nitrogens with one attached hydrogen (secondary N) is 2. The highest BCUT2D eigenvalue weighted by atomic mass is 16.4. The first-order chi connectivity index (χ1) is 11.5. The molecule has 0 radical (unpaired) electrons. The van der Waals surface area contributed by atoms with Gasteiger partial charge in [0.1, 0.15) is 5.69 Å². The molecular formula is C17H19N3O4. The molecule has 3 N–H and O–H groups in total. The van der Waals surface area contributed by atoms with Gasteiger partial charge in [-0.25, -0.2) is 0 Å². The number of likely N-dealkylation sites (tertiary alicyclic amines) is 1. The maximum Gasteiger partial charge on any atom is 0.305 e. The summed E-state index contributed by atoms with van der Waals surface area (Å²) in [6.45, 7) is 0.406. The predicted octanol–water partition coefficient (Wildman–Crippen LogP) is 1.36. The lowest BCUT2D eigenvalue weighted by atomic mass is 10.1. The SMILES string of the molecule is O=C(O)C[C@@H]1CCCN1C(=O)CNC(=O)c1cc2ccccc2[nH]1. The van der Waals surface area contributed by atoms with Gasteiger partial charge in [0.25, 0.3) is 5.91 Å². The Labute approximate surface area is 138 Å². The number of fused-ring (bicyclic) bond motifs is 1. The van der Waals surface area contributed by atoms with Gasteiger partial charge in [0, 0.05) is 23.5 Å². The number of benzene rings is 1. The van der Waals surface area contributed by atoms with Gasteiger partial charge in [0.2, 0.25) is 5.91 Å². The van der Waals surface area contributed by atoms with E-state index in [9.17, 15) is 14.4 Å². The number of nitrogens with zero attached hydrogens (tertiary/aromatic N) is 1. The van der Waals surface area contributed by atoms with Crippen molar-refractivity contribution in [3.05, 3.63) is 36.0 Å². The van der Waals surface area contributed by atoms with Crippen molar-refractivity contribution >= 4 is 28.7 Å². The van der Waals surface area contributed by atoms with Crippen molar-refractivity contribution in [2.75, 3.05) is 13.1 Å². The monoisotopic (exact) mass is 329 g/mol. The molecule has 1 aromatic carbocycles. The number of para-hydroxylation sites is 1. The van der Waals surface area contributed by atoms with Crippen LogP contribution in [0.5, 0.6) is 0 Å². The van der Waals surface area contributed by atoms with E-state index in [1.165, 1.54) is 0 Å². The van der Waals surface area contributed by atoms with E-state index < -0.39 is 5.97 Å². The molecule has 1 aliphatic rings. The minimum absolute atomic E-state index is 0.0539. The zero-order valence-corrected chi connectivity index (χ0v) is 13.1. The number of rotatable bonds is 5. The molecule has 2 amide bonds. The fourth-order valence-corrected chi connectivity index (χ4v) is 3.13. The van der Waals surface area contributed by atoms with Gasteiger partial charge in [0.15, 0.2) is 0 Å². The van der Waals surface area contributed by atoms with E-state index in [0.717, 1.165) is 17.3 Å². The standard InChI is InChI=1S/C17H19N3O4/c21-15(20-7-3-5-12(20)9-16(22)23)10-18-17(24)14-8-11-4-1-2-6-13(11)19-14/h1-2,4,6,8,12,19H,3,5,7,9-10H2,(H,18,24)(H,22,23)/t12-/m0/s1. The zero-order valence-electron chi connectivity index (χ0n) is 13.1. The molecule has 0 aliphatic carbocycles. The first kappa shape index (κ1) is 16.0. The molecule has 1 aromatic heterocycles. The van der Waals surface area contributed by atoms with Crippen LogP contribution in [0.1, 0.15) is 29.8 Å². The summed E-state index contributed by atoms with van der Waals surface area (Å²) in [4.78, 5) is 39.9. The lowest BCUT2D eigenvalue weighted by Gasteiger charge is -2.23. The molecule has 1 aliphatic heterocycles. The van der Waals surface area contributed by atoms with Crippen molar-refractivity contribution in [3.63, 3.8) is 0 Å². The van der Waals surface area contributed by atoms with Crippen LogP contribution in [-0.4, -0.2) is 51.9 Å². The summed E-state index contributed by atoms with van der Waals surface area (Å²) in [5, 5.41) is 12.4. The van der Waals surface area contributed by atoms with E-state index in [1.807, 2.05) is 24.3 Å². The average molecular weight is 329 g/mol. The van der Waals surface area contributed by atoms with Crippen LogP contribution in [-0.2, 0) is 9.59 Å². The van der Waals surface area contributed by atoms with Crippen LogP contribution in [0.4, 0.5) is 0 Å². The molecule has 1 fully saturated rings. The number of hydrogen-bond acceptors (Lipinski definition) is 3. The lowest BCUT2D eigenvalue weighted by molar-refractivity contribution is -0.139. The van der Waals surface area contributed by atoms with Crippen LogP contribution in [0.25, 0.3) is 10.9 Å². The number of aliphatic carboxylic acids is 1. The van der Waals surface area contributed by atoms with Gasteiger partial charge in [-0.05, 0) is 25.0 Å². The molecule has 0 saturated carbocycles. The van der Waals surface area contributed by atoms with Gasteiger partial charge in [-0.1, -0.05) is 18.2 Å². The summed E-state index contributed by atoms with van der Waals surface area (Å²) < 4.78 is 0. The number of aromatic nitrogens is 1. The van der Waals surface area contributed by atoms with Gasteiger partial charge in [0.05, 0.1) is 13.0 Å². The van der Waals surface area contributed by atoms with Gasteiger partial charge < -0.3 is 20.3 Å². The molecule has 1 saturated heterocycles. The van der Waals surface area contributed by atoms with Crippen molar-refractivity contribution in [1.29, 1.82) is 0 Å². The zero-order chi connectivity index (χ0) is 17.1. The fourth-order valence-electron chi connectivity index (χ4n) is 3.13. The molecule has 24 heavy (non-hydrogen) atoms. The highest BCUT2D eigenvalue weighted by Crippen LogP contribution is 2.20. The smallest absolute Gasteiger partial charge is 0.305 e. The van der Waals surface area contributed by atoms with Gasteiger partial charge in [-0.3, -0.25) is 14.4 Å². The average Bonchev–Trinajstić information content (AvgIpc) is 3.18. The molecule has 126 valence electrons. The highest BCUT2D eigenvalue weighted by Gasteiger charge is 2.30. The first-order valence-corrected chi connectivity index (χ1v) is 7.92. The maximum atomic E-state index is 12.3. The third-order valence-corrected chi connectivity index (χ3v) is 4.28. The predicted molar refractivity (Wildman–Crippen MR) is 87.6 cm³/mol. The molecule has 2 heterocycles. The highest BCUT2D eigenvalue weighted by molar-refractivity contribution is 5.99. The summed E-state index contributed by atoms with van der Waals surface area (Å²) in [6.07, 6.45) is 1.43. The van der Waals surface area contributed by atoms with E-state index in [1.54, 1.807) is 11.0 Å². The number of carbonyl (C=O) groups excluding carboxylic acids is 2.